The van der Waals surface area contributed by atoms with Gasteiger partial charge in [-0.3, -0.25) is 10.1 Å². The van der Waals surface area contributed by atoms with Crippen LogP contribution in [0.5, 0.6) is 0 Å². The van der Waals surface area contributed by atoms with E-state index in [1.165, 1.54) is 0 Å². The third-order valence-electron chi connectivity index (χ3n) is 1.12. The van der Waals surface area contributed by atoms with Crippen LogP contribution in [0.4, 0.5) is 5.69 Å². The van der Waals surface area contributed by atoms with Crippen LogP contribution in [0.1, 0.15) is 0 Å². The molecule has 62 valence electrons. The Morgan fingerprint density at radius 3 is 2.58 bits per heavy atom. The van der Waals surface area contributed by atoms with Gasteiger partial charge in [-0.2, -0.15) is 0 Å². The Morgan fingerprint density at radius 1 is 1.33 bits per heavy atom. The summed E-state index contributed by atoms with van der Waals surface area (Å²) < 4.78 is 0. The lowest BCUT2D eigenvalue weighted by atomic mass is 10.3. The molecule has 0 spiro atoms. The zero-order valence-corrected chi connectivity index (χ0v) is 6.25. The summed E-state index contributed by atoms with van der Waals surface area (Å²) in [6.45, 7) is -0.477. The molecule has 1 aromatic rings. The fourth-order valence-corrected chi connectivity index (χ4v) is 0.660. The summed E-state index contributed by atoms with van der Waals surface area (Å²) in [6, 6.07) is 8.88. The predicted octanol–water partition coefficient (Wildman–Crippen LogP) is 2.00. The van der Waals surface area contributed by atoms with E-state index >= 15 is 0 Å². The van der Waals surface area contributed by atoms with Gasteiger partial charge in [-0.1, -0.05) is 18.2 Å². The summed E-state index contributed by atoms with van der Waals surface area (Å²) in [7, 11) is 0. The second-order valence-electron chi connectivity index (χ2n) is 2.05. The van der Waals surface area contributed by atoms with Crippen molar-refractivity contribution in [1.29, 1.82) is 0 Å². The van der Waals surface area contributed by atoms with E-state index in [-0.39, 0.29) is 0 Å². The highest BCUT2D eigenvalue weighted by Crippen LogP contribution is 2.09. The van der Waals surface area contributed by atoms with Crippen molar-refractivity contribution < 1.29 is 4.92 Å². The van der Waals surface area contributed by atoms with E-state index in [2.05, 4.69) is 10.2 Å². The minimum atomic E-state index is -0.535. The Labute approximate surface area is 68.9 Å². The zero-order valence-electron chi connectivity index (χ0n) is 6.25. The van der Waals surface area contributed by atoms with Crippen molar-refractivity contribution in [2.24, 2.45) is 10.2 Å². The van der Waals surface area contributed by atoms with E-state index in [1.54, 1.807) is 24.3 Å². The Balaban J connectivity index is 2.52. The first-order valence-corrected chi connectivity index (χ1v) is 3.33. The molecule has 0 N–H and O–H groups in total. The lowest BCUT2D eigenvalue weighted by molar-refractivity contribution is -0.478. The van der Waals surface area contributed by atoms with Crippen molar-refractivity contribution in [3.63, 3.8) is 0 Å². The van der Waals surface area contributed by atoms with Crippen molar-refractivity contribution in [1.82, 2.24) is 0 Å². The number of nitrogens with zero attached hydrogens (tertiary/aromatic N) is 3. The summed E-state index contributed by atoms with van der Waals surface area (Å²) in [6.07, 6.45) is 0. The van der Waals surface area contributed by atoms with E-state index in [0.29, 0.717) is 5.69 Å². The molecule has 0 unspecified atom stereocenters. The van der Waals surface area contributed by atoms with Gasteiger partial charge < -0.3 is 0 Å². The molecule has 12 heavy (non-hydrogen) atoms. The first-order chi connectivity index (χ1) is 5.79. The molecular weight excluding hydrogens is 158 g/mol. The van der Waals surface area contributed by atoms with Crippen LogP contribution in [0, 0.1) is 10.1 Å². The second-order valence-corrected chi connectivity index (χ2v) is 2.05. The molecule has 0 heterocycles. The van der Waals surface area contributed by atoms with E-state index in [1.807, 2.05) is 6.07 Å². The SMILES string of the molecule is O=[N+]([O-])CN=Nc1ccccc1. The molecule has 0 saturated heterocycles. The van der Waals surface area contributed by atoms with Gasteiger partial charge in [0.1, 0.15) is 0 Å². The molecule has 0 aliphatic rings. The molecule has 1 aromatic carbocycles. The molecule has 0 atom stereocenters. The van der Waals surface area contributed by atoms with Crippen LogP contribution >= 0.6 is 0 Å². The number of hydrogen-bond acceptors (Lipinski definition) is 4. The fraction of sp³-hybridized carbons (Fsp3) is 0.143. The van der Waals surface area contributed by atoms with Crippen LogP contribution in [0.25, 0.3) is 0 Å². The van der Waals surface area contributed by atoms with E-state index in [0.717, 1.165) is 0 Å². The second kappa shape index (κ2) is 4.17. The lowest BCUT2D eigenvalue weighted by Gasteiger charge is -1.87. The van der Waals surface area contributed by atoms with Gasteiger partial charge >= 0.3 is 6.67 Å². The van der Waals surface area contributed by atoms with Crippen molar-refractivity contribution in [2.75, 3.05) is 6.67 Å². The summed E-state index contributed by atoms with van der Waals surface area (Å²) in [5, 5.41) is 16.8. The maximum Gasteiger partial charge on any atom is 0.312 e. The van der Waals surface area contributed by atoms with Crippen LogP contribution < -0.4 is 0 Å². The minimum Gasteiger partial charge on any atom is -0.262 e. The van der Waals surface area contributed by atoms with Gasteiger partial charge in [0.05, 0.1) is 5.69 Å². The van der Waals surface area contributed by atoms with Crippen LogP contribution in [0.15, 0.2) is 40.6 Å². The van der Waals surface area contributed by atoms with Crippen molar-refractivity contribution in [3.8, 4) is 0 Å². The van der Waals surface area contributed by atoms with Gasteiger partial charge in [0.25, 0.3) is 0 Å². The van der Waals surface area contributed by atoms with Crippen molar-refractivity contribution in [3.05, 3.63) is 40.4 Å². The standard InChI is InChI=1S/C7H7N3O2/c11-10(12)6-8-9-7-4-2-1-3-5-7/h1-5H,6H2. The maximum atomic E-state index is 9.84. The third-order valence-corrected chi connectivity index (χ3v) is 1.12. The van der Waals surface area contributed by atoms with E-state index in [9.17, 15) is 10.1 Å². The number of rotatable bonds is 3. The molecule has 0 fully saturated rings. The van der Waals surface area contributed by atoms with Crippen LogP contribution in [0.2, 0.25) is 0 Å². The Kier molecular flexibility index (Phi) is 2.89. The number of nitro groups is 1. The largest absolute Gasteiger partial charge is 0.312 e. The van der Waals surface area contributed by atoms with Gasteiger partial charge in [-0.25, -0.2) is 0 Å². The number of benzene rings is 1. The summed E-state index contributed by atoms with van der Waals surface area (Å²) >= 11 is 0. The monoisotopic (exact) mass is 165 g/mol. The van der Waals surface area contributed by atoms with Crippen molar-refractivity contribution >= 4 is 5.69 Å². The predicted molar refractivity (Wildman–Crippen MR) is 42.8 cm³/mol. The number of azo groups is 1. The molecule has 1 rings (SSSR count). The molecule has 0 aliphatic carbocycles. The third kappa shape index (κ3) is 2.87. The smallest absolute Gasteiger partial charge is 0.262 e. The van der Waals surface area contributed by atoms with Gasteiger partial charge in [-0.15, -0.1) is 10.2 Å². The first kappa shape index (κ1) is 8.32. The maximum absolute atomic E-state index is 9.84. The Hall–Kier alpha value is -1.78. The highest BCUT2D eigenvalue weighted by atomic mass is 16.6. The summed E-state index contributed by atoms with van der Waals surface area (Å²) in [5.41, 5.74) is 0.624. The van der Waals surface area contributed by atoms with Crippen LogP contribution in [-0.4, -0.2) is 11.6 Å². The number of hydrogen-bond donors (Lipinski definition) is 0. The fourth-order valence-electron chi connectivity index (χ4n) is 0.660. The molecule has 0 amide bonds. The zero-order chi connectivity index (χ0) is 8.81. The molecule has 5 nitrogen and oxygen atoms in total. The molecular formula is C7H7N3O2. The van der Waals surface area contributed by atoms with Gasteiger partial charge in [0.2, 0.25) is 0 Å². The van der Waals surface area contributed by atoms with Gasteiger partial charge in [0.15, 0.2) is 0 Å². The van der Waals surface area contributed by atoms with Crippen molar-refractivity contribution in [2.45, 2.75) is 0 Å². The van der Waals surface area contributed by atoms with Crippen LogP contribution in [-0.2, 0) is 0 Å². The molecule has 0 saturated carbocycles. The molecule has 0 bridgehead atoms. The minimum absolute atomic E-state index is 0.477. The molecule has 5 heteroatoms. The average molecular weight is 165 g/mol. The van der Waals surface area contributed by atoms with E-state index in [4.69, 9.17) is 0 Å². The molecule has 0 aromatic heterocycles. The van der Waals surface area contributed by atoms with Gasteiger partial charge in [0, 0.05) is 4.92 Å². The lowest BCUT2D eigenvalue weighted by Crippen LogP contribution is -1.94. The highest BCUT2D eigenvalue weighted by molar-refractivity contribution is 5.34. The first-order valence-electron chi connectivity index (χ1n) is 3.33. The summed E-state index contributed by atoms with van der Waals surface area (Å²) in [5.74, 6) is 0. The molecule has 0 radical (unpaired) electrons. The quantitative estimate of drug-likeness (QED) is 0.390. The van der Waals surface area contributed by atoms with Crippen LogP contribution in [0.3, 0.4) is 0 Å². The Morgan fingerprint density at radius 2 is 2.00 bits per heavy atom. The average Bonchev–Trinajstić information content (AvgIpc) is 2.05. The highest BCUT2D eigenvalue weighted by Gasteiger charge is 1.90. The normalized spacial score (nSPS) is 10.3. The summed E-state index contributed by atoms with van der Waals surface area (Å²) in [4.78, 5) is 9.31. The topological polar surface area (TPSA) is 67.9 Å². The van der Waals surface area contributed by atoms with E-state index < -0.39 is 11.6 Å². The van der Waals surface area contributed by atoms with Gasteiger partial charge in [-0.05, 0) is 12.1 Å². The Bertz CT molecular complexity index is 284. The molecule has 0 aliphatic heterocycles.